The maximum atomic E-state index is 11.3. The minimum Gasteiger partial charge on any atom is -0.369 e. The second-order valence-electron chi connectivity index (χ2n) is 4.31. The van der Waals surface area contributed by atoms with E-state index in [-0.39, 0.29) is 17.9 Å². The van der Waals surface area contributed by atoms with Gasteiger partial charge in [0.1, 0.15) is 0 Å². The van der Waals surface area contributed by atoms with E-state index in [1.54, 1.807) is 6.92 Å². The van der Waals surface area contributed by atoms with Crippen molar-refractivity contribution in [2.75, 3.05) is 19.6 Å². The summed E-state index contributed by atoms with van der Waals surface area (Å²) in [5.74, 6) is -0.425. The van der Waals surface area contributed by atoms with Crippen molar-refractivity contribution < 1.29 is 9.59 Å². The van der Waals surface area contributed by atoms with Crippen LogP contribution >= 0.6 is 0 Å². The number of carbonyl (C=O) groups excluding carboxylic acids is 2. The molecule has 0 aromatic carbocycles. The Hall–Kier alpha value is -1.14. The Labute approximate surface area is 95.3 Å². The number of primary amides is 1. The molecule has 0 spiro atoms. The van der Waals surface area contributed by atoms with Crippen LogP contribution in [0.15, 0.2) is 0 Å². The average molecular weight is 228 g/mol. The highest BCUT2D eigenvalue weighted by molar-refractivity contribution is 5.81. The van der Waals surface area contributed by atoms with E-state index in [0.717, 1.165) is 25.9 Å². The van der Waals surface area contributed by atoms with E-state index in [4.69, 9.17) is 11.5 Å². The Bertz CT molecular complexity index is 260. The summed E-state index contributed by atoms with van der Waals surface area (Å²) in [6.45, 7) is 3.53. The molecule has 16 heavy (non-hydrogen) atoms. The van der Waals surface area contributed by atoms with Crippen LogP contribution in [0.3, 0.4) is 0 Å². The van der Waals surface area contributed by atoms with Crippen molar-refractivity contribution in [3.8, 4) is 0 Å². The van der Waals surface area contributed by atoms with Gasteiger partial charge in [0.15, 0.2) is 0 Å². The minimum absolute atomic E-state index is 0.117. The molecule has 5 N–H and O–H groups in total. The smallest absolute Gasteiger partial charge is 0.236 e. The Morgan fingerprint density at radius 2 is 2.00 bits per heavy atom. The van der Waals surface area contributed by atoms with Gasteiger partial charge in [0.2, 0.25) is 11.8 Å². The topological polar surface area (TPSA) is 101 Å². The van der Waals surface area contributed by atoms with Crippen molar-refractivity contribution in [1.82, 2.24) is 10.2 Å². The maximum Gasteiger partial charge on any atom is 0.236 e. The molecule has 0 saturated carbocycles. The molecule has 1 atom stereocenters. The molecule has 0 aliphatic carbocycles. The summed E-state index contributed by atoms with van der Waals surface area (Å²) in [7, 11) is 0. The molecule has 1 rings (SSSR count). The van der Waals surface area contributed by atoms with Crippen molar-refractivity contribution in [2.45, 2.75) is 31.8 Å². The third kappa shape index (κ3) is 4.16. The van der Waals surface area contributed by atoms with Gasteiger partial charge in [-0.3, -0.25) is 14.5 Å². The standard InChI is InChI=1S/C10H20N4O2/c1-7(11)10(16)13-8-2-4-14(5-3-8)6-9(12)15/h7-8H,2-6,11H2,1H3,(H2,12,15)(H,13,16). The molecule has 1 fully saturated rings. The molecule has 0 radical (unpaired) electrons. The first-order chi connectivity index (χ1) is 7.49. The van der Waals surface area contributed by atoms with Crippen LogP contribution in [0.5, 0.6) is 0 Å². The molecule has 0 bridgehead atoms. The molecule has 1 aliphatic heterocycles. The van der Waals surface area contributed by atoms with Gasteiger partial charge in [0, 0.05) is 19.1 Å². The molecular formula is C10H20N4O2. The minimum atomic E-state index is -0.469. The molecular weight excluding hydrogens is 208 g/mol. The zero-order valence-corrected chi connectivity index (χ0v) is 9.61. The third-order valence-electron chi connectivity index (χ3n) is 2.73. The van der Waals surface area contributed by atoms with E-state index in [0.29, 0.717) is 6.54 Å². The molecule has 1 saturated heterocycles. The Kier molecular flexibility index (Phi) is 4.70. The highest BCUT2D eigenvalue weighted by Gasteiger charge is 2.22. The summed E-state index contributed by atoms with van der Waals surface area (Å²) in [6, 6.07) is -0.300. The number of nitrogens with one attached hydrogen (secondary N) is 1. The zero-order chi connectivity index (χ0) is 12.1. The number of hydrogen-bond donors (Lipinski definition) is 3. The summed E-state index contributed by atoms with van der Waals surface area (Å²) in [5.41, 5.74) is 10.6. The van der Waals surface area contributed by atoms with Crippen LogP contribution in [0, 0.1) is 0 Å². The van der Waals surface area contributed by atoms with Gasteiger partial charge in [0.25, 0.3) is 0 Å². The average Bonchev–Trinajstić information content (AvgIpc) is 2.20. The summed E-state index contributed by atoms with van der Waals surface area (Å²) in [4.78, 5) is 24.1. The first-order valence-electron chi connectivity index (χ1n) is 5.55. The highest BCUT2D eigenvalue weighted by Crippen LogP contribution is 2.09. The van der Waals surface area contributed by atoms with E-state index in [2.05, 4.69) is 5.32 Å². The van der Waals surface area contributed by atoms with Gasteiger partial charge in [0.05, 0.1) is 12.6 Å². The second-order valence-corrected chi connectivity index (χ2v) is 4.31. The van der Waals surface area contributed by atoms with Crippen LogP contribution in [0.25, 0.3) is 0 Å². The zero-order valence-electron chi connectivity index (χ0n) is 9.61. The predicted octanol–water partition coefficient (Wildman–Crippen LogP) is -1.60. The maximum absolute atomic E-state index is 11.3. The lowest BCUT2D eigenvalue weighted by molar-refractivity contribution is -0.123. The van der Waals surface area contributed by atoms with Crippen molar-refractivity contribution >= 4 is 11.8 Å². The molecule has 0 aromatic heterocycles. The quantitative estimate of drug-likeness (QED) is 0.539. The molecule has 92 valence electrons. The monoisotopic (exact) mass is 228 g/mol. The molecule has 2 amide bonds. The van der Waals surface area contributed by atoms with E-state index in [9.17, 15) is 9.59 Å². The lowest BCUT2D eigenvalue weighted by Gasteiger charge is -2.31. The van der Waals surface area contributed by atoms with Crippen LogP contribution in [0.1, 0.15) is 19.8 Å². The predicted molar refractivity (Wildman–Crippen MR) is 60.4 cm³/mol. The SMILES string of the molecule is CC(N)C(=O)NC1CCN(CC(N)=O)CC1. The molecule has 1 heterocycles. The van der Waals surface area contributed by atoms with Gasteiger partial charge in [-0.15, -0.1) is 0 Å². The van der Waals surface area contributed by atoms with Crippen molar-refractivity contribution in [3.05, 3.63) is 0 Å². The Morgan fingerprint density at radius 3 is 2.44 bits per heavy atom. The van der Waals surface area contributed by atoms with Crippen molar-refractivity contribution in [3.63, 3.8) is 0 Å². The molecule has 6 heteroatoms. The fraction of sp³-hybridized carbons (Fsp3) is 0.800. The van der Waals surface area contributed by atoms with Crippen LogP contribution < -0.4 is 16.8 Å². The van der Waals surface area contributed by atoms with Crippen LogP contribution in [-0.2, 0) is 9.59 Å². The van der Waals surface area contributed by atoms with E-state index in [1.165, 1.54) is 0 Å². The number of nitrogens with two attached hydrogens (primary N) is 2. The van der Waals surface area contributed by atoms with Gasteiger partial charge in [-0.25, -0.2) is 0 Å². The van der Waals surface area contributed by atoms with E-state index < -0.39 is 6.04 Å². The fourth-order valence-electron chi connectivity index (χ4n) is 1.79. The number of hydrogen-bond acceptors (Lipinski definition) is 4. The Morgan fingerprint density at radius 1 is 1.44 bits per heavy atom. The van der Waals surface area contributed by atoms with Gasteiger partial charge >= 0.3 is 0 Å². The van der Waals surface area contributed by atoms with Gasteiger partial charge in [-0.05, 0) is 19.8 Å². The Balaban J connectivity index is 2.27. The fourth-order valence-corrected chi connectivity index (χ4v) is 1.79. The lowest BCUT2D eigenvalue weighted by atomic mass is 10.0. The number of nitrogens with zero attached hydrogens (tertiary/aromatic N) is 1. The summed E-state index contributed by atoms with van der Waals surface area (Å²) in [5, 5.41) is 2.89. The van der Waals surface area contributed by atoms with E-state index in [1.807, 2.05) is 4.90 Å². The number of piperidine rings is 1. The number of carbonyl (C=O) groups is 2. The number of rotatable bonds is 4. The summed E-state index contributed by atoms with van der Waals surface area (Å²) >= 11 is 0. The first-order valence-corrected chi connectivity index (χ1v) is 5.55. The number of likely N-dealkylation sites (tertiary alicyclic amines) is 1. The second kappa shape index (κ2) is 5.81. The molecule has 6 nitrogen and oxygen atoms in total. The van der Waals surface area contributed by atoms with Crippen LogP contribution in [0.2, 0.25) is 0 Å². The van der Waals surface area contributed by atoms with Gasteiger partial charge in [-0.1, -0.05) is 0 Å². The lowest BCUT2D eigenvalue weighted by Crippen LogP contribution is -2.49. The highest BCUT2D eigenvalue weighted by atomic mass is 16.2. The van der Waals surface area contributed by atoms with Gasteiger partial charge in [-0.2, -0.15) is 0 Å². The third-order valence-corrected chi connectivity index (χ3v) is 2.73. The first kappa shape index (κ1) is 12.9. The van der Waals surface area contributed by atoms with E-state index >= 15 is 0 Å². The molecule has 0 aromatic rings. The van der Waals surface area contributed by atoms with Crippen molar-refractivity contribution in [1.29, 1.82) is 0 Å². The summed E-state index contributed by atoms with van der Waals surface area (Å²) in [6.07, 6.45) is 1.68. The van der Waals surface area contributed by atoms with Crippen LogP contribution in [-0.4, -0.2) is 48.4 Å². The normalized spacial score (nSPS) is 20.4. The molecule has 1 unspecified atom stereocenters. The number of amides is 2. The largest absolute Gasteiger partial charge is 0.369 e. The van der Waals surface area contributed by atoms with Crippen LogP contribution in [0.4, 0.5) is 0 Å². The summed E-state index contributed by atoms with van der Waals surface area (Å²) < 4.78 is 0. The van der Waals surface area contributed by atoms with Crippen molar-refractivity contribution in [2.24, 2.45) is 11.5 Å². The van der Waals surface area contributed by atoms with Gasteiger partial charge < -0.3 is 16.8 Å². The molecule has 1 aliphatic rings.